The highest BCUT2D eigenvalue weighted by atomic mass is 79.9. The van der Waals surface area contributed by atoms with Gasteiger partial charge in [-0.2, -0.15) is 9.36 Å². The van der Waals surface area contributed by atoms with Gasteiger partial charge in [0.15, 0.2) is 4.60 Å². The van der Waals surface area contributed by atoms with E-state index in [1.54, 1.807) is 0 Å². The minimum absolute atomic E-state index is 0.390. The third-order valence-electron chi connectivity index (χ3n) is 2.00. The second-order valence-corrected chi connectivity index (χ2v) is 3.87. The third kappa shape index (κ3) is 1.87. The summed E-state index contributed by atoms with van der Waals surface area (Å²) in [5.41, 5.74) is 0.739. The van der Waals surface area contributed by atoms with Gasteiger partial charge in [0.25, 0.3) is 0 Å². The first kappa shape index (κ1) is 10.9. The van der Waals surface area contributed by atoms with E-state index in [2.05, 4.69) is 36.6 Å². The maximum absolute atomic E-state index is 11.9. The number of rotatable bonds is 2. The van der Waals surface area contributed by atoms with Gasteiger partial charge in [-0.05, 0) is 22.4 Å². The van der Waals surface area contributed by atoms with E-state index in [1.165, 1.54) is 17.1 Å². The molecule has 2 heterocycles. The minimum Gasteiger partial charge on any atom is -0.243 e. The highest BCUT2D eigenvalue weighted by Crippen LogP contribution is 2.14. The Bertz CT molecular complexity index is 491. The quantitative estimate of drug-likeness (QED) is 0.825. The van der Waals surface area contributed by atoms with Crippen molar-refractivity contribution in [1.29, 1.82) is 0 Å². The van der Waals surface area contributed by atoms with E-state index in [1.807, 2.05) is 6.92 Å². The SMILES string of the molecule is CCCc1c(Br)nnn1C(=O)n1ccnn1. The second kappa shape index (κ2) is 4.52. The molecule has 0 aliphatic rings. The van der Waals surface area contributed by atoms with Crippen LogP contribution in [0.25, 0.3) is 0 Å². The van der Waals surface area contributed by atoms with Crippen molar-refractivity contribution < 1.29 is 4.79 Å². The fraction of sp³-hybridized carbons (Fsp3) is 0.375. The fourth-order valence-electron chi connectivity index (χ4n) is 1.29. The first-order valence-electron chi connectivity index (χ1n) is 4.75. The van der Waals surface area contributed by atoms with Crippen molar-refractivity contribution >= 4 is 22.0 Å². The van der Waals surface area contributed by atoms with Gasteiger partial charge in [0.2, 0.25) is 0 Å². The Labute approximate surface area is 99.6 Å². The molecule has 0 aliphatic carbocycles. The van der Waals surface area contributed by atoms with Crippen LogP contribution in [0.2, 0.25) is 0 Å². The molecule has 0 atom stereocenters. The van der Waals surface area contributed by atoms with Crippen LogP contribution in [0, 0.1) is 0 Å². The number of aromatic nitrogens is 6. The Morgan fingerprint density at radius 2 is 2.31 bits per heavy atom. The van der Waals surface area contributed by atoms with Crippen LogP contribution in [0.15, 0.2) is 17.0 Å². The largest absolute Gasteiger partial charge is 0.372 e. The van der Waals surface area contributed by atoms with Crippen molar-refractivity contribution in [3.05, 3.63) is 22.7 Å². The summed E-state index contributed by atoms with van der Waals surface area (Å²) in [7, 11) is 0. The lowest BCUT2D eigenvalue weighted by Crippen LogP contribution is -2.23. The van der Waals surface area contributed by atoms with Crippen molar-refractivity contribution in [2.45, 2.75) is 19.8 Å². The van der Waals surface area contributed by atoms with Crippen LogP contribution < -0.4 is 0 Å². The summed E-state index contributed by atoms with van der Waals surface area (Å²) >= 11 is 3.26. The Kier molecular flexibility index (Phi) is 3.09. The molecule has 0 fully saturated rings. The zero-order valence-electron chi connectivity index (χ0n) is 8.54. The molecule has 0 saturated heterocycles. The number of hydrogen-bond acceptors (Lipinski definition) is 5. The summed E-state index contributed by atoms with van der Waals surface area (Å²) in [6.45, 7) is 2.02. The van der Waals surface area contributed by atoms with E-state index in [0.29, 0.717) is 11.0 Å². The van der Waals surface area contributed by atoms with E-state index in [0.717, 1.165) is 16.8 Å². The van der Waals surface area contributed by atoms with Crippen LogP contribution in [0.3, 0.4) is 0 Å². The van der Waals surface area contributed by atoms with Gasteiger partial charge in [-0.1, -0.05) is 23.8 Å². The van der Waals surface area contributed by atoms with E-state index >= 15 is 0 Å². The molecule has 16 heavy (non-hydrogen) atoms. The van der Waals surface area contributed by atoms with Gasteiger partial charge >= 0.3 is 6.03 Å². The minimum atomic E-state index is -0.390. The molecule has 2 aromatic heterocycles. The maximum atomic E-state index is 11.9. The van der Waals surface area contributed by atoms with E-state index in [4.69, 9.17) is 0 Å². The predicted octanol–water partition coefficient (Wildman–Crippen LogP) is 1.10. The topological polar surface area (TPSA) is 78.5 Å². The molecular formula is C8H9BrN6O. The van der Waals surface area contributed by atoms with Crippen LogP contribution in [0.5, 0.6) is 0 Å². The van der Waals surface area contributed by atoms with Crippen molar-refractivity contribution in [3.8, 4) is 0 Å². The van der Waals surface area contributed by atoms with Crippen LogP contribution >= 0.6 is 15.9 Å². The van der Waals surface area contributed by atoms with Gasteiger partial charge in [0.05, 0.1) is 18.1 Å². The number of nitrogens with zero attached hydrogens (tertiary/aromatic N) is 6. The van der Waals surface area contributed by atoms with Gasteiger partial charge in [-0.15, -0.1) is 10.2 Å². The second-order valence-electron chi connectivity index (χ2n) is 3.12. The van der Waals surface area contributed by atoms with Gasteiger partial charge in [-0.25, -0.2) is 4.79 Å². The molecule has 0 saturated carbocycles. The average molecular weight is 285 g/mol. The van der Waals surface area contributed by atoms with Gasteiger partial charge in [-0.3, -0.25) is 0 Å². The van der Waals surface area contributed by atoms with Crippen LogP contribution in [0.1, 0.15) is 19.0 Å². The number of halogens is 1. The molecule has 0 radical (unpaired) electrons. The average Bonchev–Trinajstić information content (AvgIpc) is 2.89. The Hall–Kier alpha value is -1.57. The molecule has 0 spiro atoms. The molecule has 0 unspecified atom stereocenters. The molecule has 7 nitrogen and oxygen atoms in total. The summed E-state index contributed by atoms with van der Waals surface area (Å²) in [5.74, 6) is 0. The lowest BCUT2D eigenvalue weighted by Gasteiger charge is -2.02. The summed E-state index contributed by atoms with van der Waals surface area (Å²) in [5, 5.41) is 14.8. The standard InChI is InChI=1S/C8H9BrN6O/c1-2-3-6-7(9)11-13-15(6)8(16)14-5-4-10-12-14/h4-5H,2-3H2,1H3. The van der Waals surface area contributed by atoms with Gasteiger partial charge in [0, 0.05) is 0 Å². The highest BCUT2D eigenvalue weighted by Gasteiger charge is 2.17. The lowest BCUT2D eigenvalue weighted by molar-refractivity contribution is 0.236. The monoisotopic (exact) mass is 284 g/mol. The lowest BCUT2D eigenvalue weighted by atomic mass is 10.3. The van der Waals surface area contributed by atoms with Crippen molar-refractivity contribution in [1.82, 2.24) is 30.0 Å². The third-order valence-corrected chi connectivity index (χ3v) is 2.62. The smallest absolute Gasteiger partial charge is 0.243 e. The molecule has 2 aromatic rings. The molecule has 0 bridgehead atoms. The fourth-order valence-corrected chi connectivity index (χ4v) is 1.73. The molecule has 2 rings (SSSR count). The van der Waals surface area contributed by atoms with Crippen molar-refractivity contribution in [2.75, 3.05) is 0 Å². The summed E-state index contributed by atoms with van der Waals surface area (Å²) < 4.78 is 2.92. The summed E-state index contributed by atoms with van der Waals surface area (Å²) in [4.78, 5) is 11.9. The number of carbonyl (C=O) groups is 1. The van der Waals surface area contributed by atoms with Crippen molar-refractivity contribution in [3.63, 3.8) is 0 Å². The highest BCUT2D eigenvalue weighted by molar-refractivity contribution is 9.10. The normalized spacial score (nSPS) is 10.6. The zero-order valence-corrected chi connectivity index (χ0v) is 10.1. The Balaban J connectivity index is 2.37. The van der Waals surface area contributed by atoms with E-state index in [9.17, 15) is 4.79 Å². The molecule has 84 valence electrons. The molecular weight excluding hydrogens is 276 g/mol. The van der Waals surface area contributed by atoms with Crippen LogP contribution in [-0.2, 0) is 6.42 Å². The van der Waals surface area contributed by atoms with Crippen LogP contribution in [-0.4, -0.2) is 36.0 Å². The number of carbonyl (C=O) groups excluding carboxylic acids is 1. The molecule has 0 aromatic carbocycles. The Morgan fingerprint density at radius 1 is 1.50 bits per heavy atom. The molecule has 8 heteroatoms. The summed E-state index contributed by atoms with van der Waals surface area (Å²) in [6.07, 6.45) is 4.52. The van der Waals surface area contributed by atoms with E-state index in [-0.39, 0.29) is 6.03 Å². The Morgan fingerprint density at radius 3 is 2.94 bits per heavy atom. The first-order chi connectivity index (χ1) is 7.74. The zero-order chi connectivity index (χ0) is 11.5. The first-order valence-corrected chi connectivity index (χ1v) is 5.54. The summed E-state index contributed by atoms with van der Waals surface area (Å²) in [6, 6.07) is -0.390. The molecule has 0 aliphatic heterocycles. The molecule has 0 N–H and O–H groups in total. The van der Waals surface area contributed by atoms with Gasteiger partial charge in [0.1, 0.15) is 0 Å². The van der Waals surface area contributed by atoms with Gasteiger partial charge < -0.3 is 0 Å². The maximum Gasteiger partial charge on any atom is 0.372 e. The predicted molar refractivity (Wildman–Crippen MR) is 57.9 cm³/mol. The molecule has 0 amide bonds. The van der Waals surface area contributed by atoms with Crippen molar-refractivity contribution in [2.24, 2.45) is 0 Å². The number of hydrogen-bond donors (Lipinski definition) is 0. The van der Waals surface area contributed by atoms with E-state index < -0.39 is 0 Å². The van der Waals surface area contributed by atoms with Crippen LogP contribution in [0.4, 0.5) is 4.79 Å².